The first-order valence-electron chi connectivity index (χ1n) is 7.29. The highest BCUT2D eigenvalue weighted by atomic mass is 16.6. The Morgan fingerprint density at radius 1 is 0.882 bits per heavy atom. The Bertz CT molecular complexity index is 177. The quantitative estimate of drug-likeness (QED) is 0.511. The lowest BCUT2D eigenvalue weighted by atomic mass is 9.86. The second kappa shape index (κ2) is 9.49. The largest absolute Gasteiger partial charge is 0.459 e. The minimum absolute atomic E-state index is 0.117. The van der Waals surface area contributed by atoms with Crippen LogP contribution in [0.2, 0.25) is 0 Å². The smallest absolute Gasteiger partial charge is 0.303 e. The van der Waals surface area contributed by atoms with Gasteiger partial charge in [0.1, 0.15) is 5.60 Å². The first kappa shape index (κ1) is 16.5. The van der Waals surface area contributed by atoms with Gasteiger partial charge in [0.25, 0.3) is 0 Å². The van der Waals surface area contributed by atoms with Crippen LogP contribution in [0.3, 0.4) is 0 Å². The molecule has 17 heavy (non-hydrogen) atoms. The van der Waals surface area contributed by atoms with Gasteiger partial charge in [-0.3, -0.25) is 4.79 Å². The lowest BCUT2D eigenvalue weighted by molar-refractivity contribution is -0.160. The van der Waals surface area contributed by atoms with Gasteiger partial charge in [-0.25, -0.2) is 0 Å². The Morgan fingerprint density at radius 2 is 1.24 bits per heavy atom. The summed E-state index contributed by atoms with van der Waals surface area (Å²) in [7, 11) is 0. The van der Waals surface area contributed by atoms with Crippen LogP contribution in [0.5, 0.6) is 0 Å². The summed E-state index contributed by atoms with van der Waals surface area (Å²) in [6.07, 6.45) is 10.1. The Hall–Kier alpha value is -0.530. The minimum atomic E-state index is -0.173. The van der Waals surface area contributed by atoms with Gasteiger partial charge in [0.2, 0.25) is 0 Å². The van der Waals surface area contributed by atoms with Gasteiger partial charge in [-0.2, -0.15) is 0 Å². The van der Waals surface area contributed by atoms with E-state index in [4.69, 9.17) is 4.74 Å². The van der Waals surface area contributed by atoms with E-state index in [9.17, 15) is 4.79 Å². The summed E-state index contributed by atoms with van der Waals surface area (Å²) in [5.74, 6) is -0.117. The van der Waals surface area contributed by atoms with Gasteiger partial charge in [-0.15, -0.1) is 0 Å². The third-order valence-corrected chi connectivity index (χ3v) is 3.32. The van der Waals surface area contributed by atoms with E-state index in [0.29, 0.717) is 0 Å². The Kier molecular flexibility index (Phi) is 9.20. The van der Waals surface area contributed by atoms with Gasteiger partial charge < -0.3 is 4.74 Å². The molecule has 0 saturated carbocycles. The fraction of sp³-hybridized carbons (Fsp3) is 0.933. The monoisotopic (exact) mass is 242 g/mol. The molecule has 0 rings (SSSR count). The summed E-state index contributed by atoms with van der Waals surface area (Å²) in [6, 6.07) is 0. The average molecular weight is 242 g/mol. The molecule has 0 unspecified atom stereocenters. The molecule has 0 aliphatic carbocycles. The van der Waals surface area contributed by atoms with E-state index >= 15 is 0 Å². The Morgan fingerprint density at radius 3 is 1.47 bits per heavy atom. The van der Waals surface area contributed by atoms with E-state index in [2.05, 4.69) is 20.8 Å². The van der Waals surface area contributed by atoms with Crippen LogP contribution in [0, 0.1) is 0 Å². The first-order chi connectivity index (χ1) is 8.10. The zero-order valence-electron chi connectivity index (χ0n) is 12.2. The molecule has 0 radical (unpaired) electrons. The zero-order valence-corrected chi connectivity index (χ0v) is 12.2. The molecule has 0 aromatic heterocycles. The fourth-order valence-electron chi connectivity index (χ4n) is 2.33. The van der Waals surface area contributed by atoms with E-state index in [1.165, 1.54) is 19.3 Å². The summed E-state index contributed by atoms with van der Waals surface area (Å²) in [6.45, 7) is 8.12. The summed E-state index contributed by atoms with van der Waals surface area (Å²) in [4.78, 5) is 11.3. The number of unbranched alkanes of at least 4 members (excludes halogenated alkanes) is 3. The lowest BCUT2D eigenvalue weighted by Gasteiger charge is -2.33. The number of carbonyl (C=O) groups is 1. The maximum atomic E-state index is 11.3. The van der Waals surface area contributed by atoms with Crippen molar-refractivity contribution in [3.8, 4) is 0 Å². The predicted molar refractivity (Wildman–Crippen MR) is 73.1 cm³/mol. The molecule has 0 aromatic carbocycles. The van der Waals surface area contributed by atoms with Crippen LogP contribution in [0.1, 0.15) is 85.5 Å². The Balaban J connectivity index is 4.56. The molecular weight excluding hydrogens is 212 g/mol. The summed E-state index contributed by atoms with van der Waals surface area (Å²) < 4.78 is 5.71. The molecule has 0 saturated heterocycles. The number of hydrogen-bond acceptors (Lipinski definition) is 2. The van der Waals surface area contributed by atoms with E-state index in [0.717, 1.165) is 38.5 Å². The molecule has 0 aliphatic rings. The third kappa shape index (κ3) is 7.40. The lowest BCUT2D eigenvalue weighted by Crippen LogP contribution is -2.34. The van der Waals surface area contributed by atoms with Crippen molar-refractivity contribution in [3.63, 3.8) is 0 Å². The second-order valence-electron chi connectivity index (χ2n) is 5.09. The molecule has 0 heterocycles. The molecule has 2 heteroatoms. The van der Waals surface area contributed by atoms with Crippen LogP contribution in [0.4, 0.5) is 0 Å². The first-order valence-corrected chi connectivity index (χ1v) is 7.29. The van der Waals surface area contributed by atoms with Crippen LogP contribution in [0.15, 0.2) is 0 Å². The normalized spacial score (nSPS) is 11.5. The van der Waals surface area contributed by atoms with Crippen LogP contribution in [-0.4, -0.2) is 11.6 Å². The van der Waals surface area contributed by atoms with Crippen molar-refractivity contribution in [1.29, 1.82) is 0 Å². The number of esters is 1. The Labute approximate surface area is 107 Å². The maximum Gasteiger partial charge on any atom is 0.303 e. The zero-order chi connectivity index (χ0) is 13.1. The molecule has 102 valence electrons. The van der Waals surface area contributed by atoms with Gasteiger partial charge in [-0.1, -0.05) is 40.0 Å². The van der Waals surface area contributed by atoms with E-state index in [1.54, 1.807) is 6.92 Å². The maximum absolute atomic E-state index is 11.3. The molecular formula is C15H30O2. The number of rotatable bonds is 10. The van der Waals surface area contributed by atoms with Crippen molar-refractivity contribution in [2.75, 3.05) is 0 Å². The highest BCUT2D eigenvalue weighted by Crippen LogP contribution is 2.31. The van der Waals surface area contributed by atoms with Gasteiger partial charge in [0.05, 0.1) is 0 Å². The van der Waals surface area contributed by atoms with Crippen LogP contribution >= 0.6 is 0 Å². The van der Waals surface area contributed by atoms with Gasteiger partial charge >= 0.3 is 5.97 Å². The van der Waals surface area contributed by atoms with Crippen molar-refractivity contribution in [2.24, 2.45) is 0 Å². The summed E-state index contributed by atoms with van der Waals surface area (Å²) in [5.41, 5.74) is -0.173. The topological polar surface area (TPSA) is 26.3 Å². The van der Waals surface area contributed by atoms with Gasteiger partial charge in [0.15, 0.2) is 0 Å². The highest BCUT2D eigenvalue weighted by Gasteiger charge is 2.31. The predicted octanol–water partition coefficient (Wildman–Crippen LogP) is 4.86. The average Bonchev–Trinajstić information content (AvgIpc) is 2.30. The summed E-state index contributed by atoms with van der Waals surface area (Å²) in [5, 5.41) is 0. The van der Waals surface area contributed by atoms with Crippen LogP contribution in [-0.2, 0) is 9.53 Å². The van der Waals surface area contributed by atoms with Gasteiger partial charge in [-0.05, 0) is 38.5 Å². The molecule has 0 aromatic rings. The molecule has 0 atom stereocenters. The molecule has 0 aliphatic heterocycles. The molecule has 0 amide bonds. The van der Waals surface area contributed by atoms with E-state index < -0.39 is 0 Å². The fourth-order valence-corrected chi connectivity index (χ4v) is 2.33. The SMILES string of the molecule is CCCCC(CCCC)(CCCC)OC(C)=O. The van der Waals surface area contributed by atoms with Crippen molar-refractivity contribution in [3.05, 3.63) is 0 Å². The molecule has 0 fully saturated rings. The number of hydrogen-bond donors (Lipinski definition) is 0. The van der Waals surface area contributed by atoms with E-state index in [1.807, 2.05) is 0 Å². The number of ether oxygens (including phenoxy) is 1. The third-order valence-electron chi connectivity index (χ3n) is 3.32. The second-order valence-corrected chi connectivity index (χ2v) is 5.09. The van der Waals surface area contributed by atoms with Gasteiger partial charge in [0, 0.05) is 6.92 Å². The van der Waals surface area contributed by atoms with Crippen LogP contribution in [0.25, 0.3) is 0 Å². The molecule has 0 bridgehead atoms. The minimum Gasteiger partial charge on any atom is -0.459 e. The molecule has 0 N–H and O–H groups in total. The van der Waals surface area contributed by atoms with Crippen molar-refractivity contribution >= 4 is 5.97 Å². The van der Waals surface area contributed by atoms with Crippen molar-refractivity contribution < 1.29 is 9.53 Å². The van der Waals surface area contributed by atoms with E-state index in [-0.39, 0.29) is 11.6 Å². The molecule has 0 spiro atoms. The number of carbonyl (C=O) groups excluding carboxylic acids is 1. The van der Waals surface area contributed by atoms with Crippen molar-refractivity contribution in [2.45, 2.75) is 91.1 Å². The van der Waals surface area contributed by atoms with Crippen molar-refractivity contribution in [1.82, 2.24) is 0 Å². The highest BCUT2D eigenvalue weighted by molar-refractivity contribution is 5.66. The summed E-state index contributed by atoms with van der Waals surface area (Å²) >= 11 is 0. The van der Waals surface area contributed by atoms with Crippen LogP contribution < -0.4 is 0 Å². The molecule has 2 nitrogen and oxygen atoms in total. The standard InChI is InChI=1S/C15H30O2/c1-5-8-11-15(12-9-6-2,13-10-7-3)17-14(4)16/h5-13H2,1-4H3.